The number of anilines is 1. The SMILES string of the molecule is C=CCOC(=O)c1cc(N)nn1CC=C. The Balaban J connectivity index is 2.85. The molecule has 0 aliphatic heterocycles. The zero-order chi connectivity index (χ0) is 11.3. The number of carbonyl (C=O) groups excluding carboxylic acids is 1. The maximum absolute atomic E-state index is 11.5. The Morgan fingerprint density at radius 3 is 2.93 bits per heavy atom. The number of hydrogen-bond acceptors (Lipinski definition) is 4. The van der Waals surface area contributed by atoms with Crippen LogP contribution in [0.5, 0.6) is 0 Å². The van der Waals surface area contributed by atoms with Gasteiger partial charge in [0.15, 0.2) is 0 Å². The van der Waals surface area contributed by atoms with E-state index in [0.717, 1.165) is 0 Å². The van der Waals surface area contributed by atoms with Crippen molar-refractivity contribution in [1.29, 1.82) is 0 Å². The molecule has 0 bridgehead atoms. The lowest BCUT2D eigenvalue weighted by Crippen LogP contribution is -2.12. The molecular weight excluding hydrogens is 194 g/mol. The van der Waals surface area contributed by atoms with Crippen LogP contribution in [0.25, 0.3) is 0 Å². The molecule has 0 aliphatic rings. The summed E-state index contributed by atoms with van der Waals surface area (Å²) in [5, 5.41) is 3.93. The van der Waals surface area contributed by atoms with E-state index in [2.05, 4.69) is 18.3 Å². The molecule has 0 fully saturated rings. The molecule has 1 aromatic rings. The van der Waals surface area contributed by atoms with Gasteiger partial charge in [-0.3, -0.25) is 4.68 Å². The highest BCUT2D eigenvalue weighted by atomic mass is 16.5. The van der Waals surface area contributed by atoms with Crippen LogP contribution in [0.3, 0.4) is 0 Å². The van der Waals surface area contributed by atoms with E-state index < -0.39 is 5.97 Å². The van der Waals surface area contributed by atoms with E-state index in [1.807, 2.05) is 0 Å². The Hall–Kier alpha value is -2.04. The maximum Gasteiger partial charge on any atom is 0.357 e. The number of carbonyl (C=O) groups is 1. The van der Waals surface area contributed by atoms with Gasteiger partial charge in [0, 0.05) is 6.07 Å². The van der Waals surface area contributed by atoms with Crippen molar-refractivity contribution in [3.05, 3.63) is 37.1 Å². The third-order valence-corrected chi connectivity index (χ3v) is 1.64. The Morgan fingerprint density at radius 1 is 1.60 bits per heavy atom. The second kappa shape index (κ2) is 4.99. The molecule has 5 nitrogen and oxygen atoms in total. The highest BCUT2D eigenvalue weighted by Crippen LogP contribution is 2.07. The van der Waals surface area contributed by atoms with Crippen LogP contribution in [0, 0.1) is 0 Å². The normalized spacial score (nSPS) is 9.60. The number of rotatable bonds is 5. The molecule has 5 heteroatoms. The van der Waals surface area contributed by atoms with Gasteiger partial charge in [-0.15, -0.1) is 6.58 Å². The minimum absolute atomic E-state index is 0.165. The van der Waals surface area contributed by atoms with Crippen LogP contribution in [0.1, 0.15) is 10.5 Å². The fraction of sp³-hybridized carbons (Fsp3) is 0.200. The van der Waals surface area contributed by atoms with Gasteiger partial charge < -0.3 is 10.5 Å². The third-order valence-electron chi connectivity index (χ3n) is 1.64. The van der Waals surface area contributed by atoms with Gasteiger partial charge in [-0.05, 0) is 0 Å². The zero-order valence-electron chi connectivity index (χ0n) is 8.35. The first-order valence-corrected chi connectivity index (χ1v) is 4.41. The predicted molar refractivity (Wildman–Crippen MR) is 57.3 cm³/mol. The number of aromatic nitrogens is 2. The third kappa shape index (κ3) is 2.70. The second-order valence-corrected chi connectivity index (χ2v) is 2.81. The first-order valence-electron chi connectivity index (χ1n) is 4.41. The number of nitrogens with two attached hydrogens (primary N) is 1. The summed E-state index contributed by atoms with van der Waals surface area (Å²) < 4.78 is 6.31. The Labute approximate surface area is 87.8 Å². The summed E-state index contributed by atoms with van der Waals surface area (Å²) in [5.41, 5.74) is 5.80. The lowest BCUT2D eigenvalue weighted by Gasteiger charge is -2.03. The molecule has 0 aliphatic carbocycles. The molecule has 0 unspecified atom stereocenters. The Morgan fingerprint density at radius 2 is 2.33 bits per heavy atom. The van der Waals surface area contributed by atoms with Crippen molar-refractivity contribution in [2.24, 2.45) is 0 Å². The monoisotopic (exact) mass is 207 g/mol. The minimum atomic E-state index is -0.471. The van der Waals surface area contributed by atoms with Gasteiger partial charge in [0.1, 0.15) is 18.1 Å². The van der Waals surface area contributed by atoms with E-state index >= 15 is 0 Å². The van der Waals surface area contributed by atoms with Gasteiger partial charge in [-0.25, -0.2) is 4.79 Å². The van der Waals surface area contributed by atoms with Gasteiger partial charge >= 0.3 is 5.97 Å². The summed E-state index contributed by atoms with van der Waals surface area (Å²) in [6.45, 7) is 7.58. The van der Waals surface area contributed by atoms with Gasteiger partial charge in [0.25, 0.3) is 0 Å². The van der Waals surface area contributed by atoms with Crippen LogP contribution in [0.2, 0.25) is 0 Å². The van der Waals surface area contributed by atoms with E-state index in [9.17, 15) is 4.79 Å². The molecule has 1 heterocycles. The van der Waals surface area contributed by atoms with Crippen LogP contribution in [0.4, 0.5) is 5.82 Å². The topological polar surface area (TPSA) is 70.1 Å². The largest absolute Gasteiger partial charge is 0.457 e. The zero-order valence-corrected chi connectivity index (χ0v) is 8.35. The summed E-state index contributed by atoms with van der Waals surface area (Å²) in [7, 11) is 0. The van der Waals surface area contributed by atoms with Crippen LogP contribution in [-0.2, 0) is 11.3 Å². The molecule has 0 radical (unpaired) electrons. The van der Waals surface area contributed by atoms with Crippen LogP contribution in [0.15, 0.2) is 31.4 Å². The highest BCUT2D eigenvalue weighted by molar-refractivity contribution is 5.88. The van der Waals surface area contributed by atoms with Gasteiger partial charge in [0.05, 0.1) is 6.54 Å². The first-order chi connectivity index (χ1) is 7.19. The number of allylic oxidation sites excluding steroid dienone is 1. The fourth-order valence-electron chi connectivity index (χ4n) is 1.07. The average molecular weight is 207 g/mol. The van der Waals surface area contributed by atoms with Crippen molar-refractivity contribution in [2.75, 3.05) is 12.3 Å². The van der Waals surface area contributed by atoms with Crippen molar-refractivity contribution < 1.29 is 9.53 Å². The van der Waals surface area contributed by atoms with Crippen molar-refractivity contribution in [3.8, 4) is 0 Å². The van der Waals surface area contributed by atoms with E-state index in [1.54, 1.807) is 6.08 Å². The first kappa shape index (κ1) is 11.0. The van der Waals surface area contributed by atoms with E-state index in [0.29, 0.717) is 12.2 Å². The molecule has 0 saturated heterocycles. The molecule has 0 aromatic carbocycles. The molecular formula is C10H13N3O2. The predicted octanol–water partition coefficient (Wildman–Crippen LogP) is 0.994. The summed E-state index contributed by atoms with van der Waals surface area (Å²) in [4.78, 5) is 11.5. The van der Waals surface area contributed by atoms with Gasteiger partial charge in [-0.1, -0.05) is 18.7 Å². The number of nitrogens with zero attached hydrogens (tertiary/aromatic N) is 2. The number of esters is 1. The Kier molecular flexibility index (Phi) is 3.68. The summed E-state index contributed by atoms with van der Waals surface area (Å²) in [6, 6.07) is 1.47. The quantitative estimate of drug-likeness (QED) is 0.577. The molecule has 15 heavy (non-hydrogen) atoms. The van der Waals surface area contributed by atoms with E-state index in [-0.39, 0.29) is 12.4 Å². The fourth-order valence-corrected chi connectivity index (χ4v) is 1.07. The number of hydrogen-bond donors (Lipinski definition) is 1. The smallest absolute Gasteiger partial charge is 0.357 e. The molecule has 0 saturated carbocycles. The van der Waals surface area contributed by atoms with Crippen LogP contribution in [-0.4, -0.2) is 22.4 Å². The highest BCUT2D eigenvalue weighted by Gasteiger charge is 2.14. The van der Waals surface area contributed by atoms with Crippen molar-refractivity contribution in [2.45, 2.75) is 6.54 Å². The van der Waals surface area contributed by atoms with Gasteiger partial charge in [-0.2, -0.15) is 5.10 Å². The van der Waals surface area contributed by atoms with Crippen LogP contribution >= 0.6 is 0 Å². The van der Waals surface area contributed by atoms with Crippen molar-refractivity contribution in [3.63, 3.8) is 0 Å². The van der Waals surface area contributed by atoms with Crippen LogP contribution < -0.4 is 5.73 Å². The molecule has 0 atom stereocenters. The molecule has 1 rings (SSSR count). The van der Waals surface area contributed by atoms with E-state index in [4.69, 9.17) is 10.5 Å². The minimum Gasteiger partial charge on any atom is -0.457 e. The summed E-state index contributed by atoms with van der Waals surface area (Å²) in [5.74, 6) is -0.191. The second-order valence-electron chi connectivity index (χ2n) is 2.81. The lowest BCUT2D eigenvalue weighted by atomic mass is 10.4. The Bertz CT molecular complexity index is 382. The summed E-state index contributed by atoms with van der Waals surface area (Å²) >= 11 is 0. The molecule has 1 aromatic heterocycles. The molecule has 0 amide bonds. The number of nitrogen functional groups attached to an aromatic ring is 1. The average Bonchev–Trinajstić information content (AvgIpc) is 2.57. The summed E-state index contributed by atoms with van der Waals surface area (Å²) in [6.07, 6.45) is 3.12. The van der Waals surface area contributed by atoms with Crippen molar-refractivity contribution >= 4 is 11.8 Å². The van der Waals surface area contributed by atoms with Gasteiger partial charge in [0.2, 0.25) is 0 Å². The standard InChI is InChI=1S/C10H13N3O2/c1-3-5-13-8(7-9(11)12-13)10(14)15-6-4-2/h3-4,7H,1-2,5-6H2,(H2,11,12). The molecule has 2 N–H and O–H groups in total. The van der Waals surface area contributed by atoms with E-state index in [1.165, 1.54) is 16.8 Å². The maximum atomic E-state index is 11.5. The van der Waals surface area contributed by atoms with Crippen molar-refractivity contribution in [1.82, 2.24) is 9.78 Å². The molecule has 80 valence electrons. The number of ether oxygens (including phenoxy) is 1. The molecule has 0 spiro atoms. The lowest BCUT2D eigenvalue weighted by molar-refractivity contribution is 0.0536.